The van der Waals surface area contributed by atoms with Gasteiger partial charge >= 0.3 is 0 Å². The lowest BCUT2D eigenvalue weighted by Gasteiger charge is -2.23. The molecule has 3 heteroatoms. The van der Waals surface area contributed by atoms with Crippen LogP contribution in [-0.2, 0) is 5.67 Å². The Labute approximate surface area is 94.6 Å². The van der Waals surface area contributed by atoms with Crippen LogP contribution >= 0.6 is 11.6 Å². The standard InChI is InChI=1S/C12H15ClFN/c13-11-4-2-10(3-5-11)12(14)6-1-8-15-9-7-12/h2-5,15H,1,6-9H2. The van der Waals surface area contributed by atoms with E-state index in [1.807, 2.05) is 0 Å². The molecule has 0 amide bonds. The maximum absolute atomic E-state index is 14.6. The van der Waals surface area contributed by atoms with Crippen molar-refractivity contribution in [1.82, 2.24) is 5.32 Å². The minimum absolute atomic E-state index is 0.550. The average molecular weight is 228 g/mol. The lowest BCUT2D eigenvalue weighted by molar-refractivity contribution is 0.145. The Morgan fingerprint density at radius 3 is 2.60 bits per heavy atom. The van der Waals surface area contributed by atoms with Crippen LogP contribution in [0, 0.1) is 0 Å². The Morgan fingerprint density at radius 1 is 1.13 bits per heavy atom. The first-order valence-electron chi connectivity index (χ1n) is 5.36. The van der Waals surface area contributed by atoms with Crippen molar-refractivity contribution in [2.75, 3.05) is 13.1 Å². The predicted molar refractivity (Wildman–Crippen MR) is 61.0 cm³/mol. The number of halogens is 2. The van der Waals surface area contributed by atoms with Crippen LogP contribution in [-0.4, -0.2) is 13.1 Å². The van der Waals surface area contributed by atoms with Gasteiger partial charge in [-0.1, -0.05) is 23.7 Å². The Balaban J connectivity index is 2.22. The molecule has 1 aromatic carbocycles. The van der Waals surface area contributed by atoms with Crippen molar-refractivity contribution in [1.29, 1.82) is 0 Å². The molecule has 0 spiro atoms. The molecule has 0 saturated carbocycles. The van der Waals surface area contributed by atoms with E-state index in [-0.39, 0.29) is 0 Å². The molecule has 1 fully saturated rings. The molecule has 1 atom stereocenters. The molecule has 0 radical (unpaired) electrons. The zero-order chi connectivity index (χ0) is 10.7. The van der Waals surface area contributed by atoms with E-state index in [2.05, 4.69) is 5.32 Å². The summed E-state index contributed by atoms with van der Waals surface area (Å²) in [5, 5.41) is 3.88. The van der Waals surface area contributed by atoms with Crippen molar-refractivity contribution in [2.24, 2.45) is 0 Å². The van der Waals surface area contributed by atoms with Crippen LogP contribution < -0.4 is 5.32 Å². The van der Waals surface area contributed by atoms with Crippen molar-refractivity contribution in [3.05, 3.63) is 34.9 Å². The first-order chi connectivity index (χ1) is 7.21. The lowest BCUT2D eigenvalue weighted by atomic mass is 9.89. The third-order valence-corrected chi connectivity index (χ3v) is 3.24. The van der Waals surface area contributed by atoms with Crippen LogP contribution in [0.3, 0.4) is 0 Å². The van der Waals surface area contributed by atoms with Crippen molar-refractivity contribution >= 4 is 11.6 Å². The number of hydrogen-bond acceptors (Lipinski definition) is 1. The highest BCUT2D eigenvalue weighted by Crippen LogP contribution is 2.35. The SMILES string of the molecule is FC1(c2ccc(Cl)cc2)CCCNCC1. The summed E-state index contributed by atoms with van der Waals surface area (Å²) in [5.41, 5.74) is -0.413. The molecule has 1 unspecified atom stereocenters. The van der Waals surface area contributed by atoms with Crippen LogP contribution in [0.4, 0.5) is 4.39 Å². The van der Waals surface area contributed by atoms with Gasteiger partial charge in [-0.15, -0.1) is 0 Å². The van der Waals surface area contributed by atoms with E-state index in [0.29, 0.717) is 17.9 Å². The first kappa shape index (κ1) is 10.9. The molecule has 0 aromatic heterocycles. The van der Waals surface area contributed by atoms with E-state index in [1.165, 1.54) is 0 Å². The van der Waals surface area contributed by atoms with Crippen LogP contribution in [0.25, 0.3) is 0 Å². The third kappa shape index (κ3) is 2.50. The second-order valence-corrected chi connectivity index (χ2v) is 4.51. The van der Waals surface area contributed by atoms with Gasteiger partial charge in [0.15, 0.2) is 0 Å². The molecule has 1 aliphatic rings. The molecule has 1 aliphatic heterocycles. The third-order valence-electron chi connectivity index (χ3n) is 2.99. The molecule has 1 aromatic rings. The van der Waals surface area contributed by atoms with Crippen LogP contribution in [0.5, 0.6) is 0 Å². The summed E-state index contributed by atoms with van der Waals surface area (Å²) in [7, 11) is 0. The number of benzene rings is 1. The highest BCUT2D eigenvalue weighted by molar-refractivity contribution is 6.30. The smallest absolute Gasteiger partial charge is 0.137 e. The maximum Gasteiger partial charge on any atom is 0.137 e. The molecule has 82 valence electrons. The quantitative estimate of drug-likeness (QED) is 0.777. The summed E-state index contributed by atoms with van der Waals surface area (Å²) in [4.78, 5) is 0. The van der Waals surface area contributed by atoms with Crippen molar-refractivity contribution in [2.45, 2.75) is 24.9 Å². The monoisotopic (exact) mass is 227 g/mol. The van der Waals surface area contributed by atoms with Gasteiger partial charge in [0.05, 0.1) is 0 Å². The van der Waals surface area contributed by atoms with E-state index in [9.17, 15) is 4.39 Å². The van der Waals surface area contributed by atoms with Gasteiger partial charge in [-0.2, -0.15) is 0 Å². The van der Waals surface area contributed by atoms with E-state index in [0.717, 1.165) is 25.1 Å². The molecule has 0 aliphatic carbocycles. The van der Waals surface area contributed by atoms with E-state index in [4.69, 9.17) is 11.6 Å². The summed E-state index contributed by atoms with van der Waals surface area (Å²) < 4.78 is 14.6. The zero-order valence-electron chi connectivity index (χ0n) is 8.60. The number of alkyl halides is 1. The molecule has 1 saturated heterocycles. The van der Waals surface area contributed by atoms with Crippen LogP contribution in [0.15, 0.2) is 24.3 Å². The Kier molecular flexibility index (Phi) is 3.27. The predicted octanol–water partition coefficient (Wildman–Crippen LogP) is 3.28. The average Bonchev–Trinajstić information content (AvgIpc) is 2.45. The summed E-state index contributed by atoms with van der Waals surface area (Å²) in [5.74, 6) is 0. The number of hydrogen-bond donors (Lipinski definition) is 1. The molecule has 1 heterocycles. The molecular weight excluding hydrogens is 213 g/mol. The van der Waals surface area contributed by atoms with E-state index < -0.39 is 5.67 Å². The Bertz CT molecular complexity index is 315. The Morgan fingerprint density at radius 2 is 1.87 bits per heavy atom. The van der Waals surface area contributed by atoms with Crippen molar-refractivity contribution < 1.29 is 4.39 Å². The van der Waals surface area contributed by atoms with Crippen molar-refractivity contribution in [3.63, 3.8) is 0 Å². The Hall–Kier alpha value is -0.600. The molecule has 15 heavy (non-hydrogen) atoms. The first-order valence-corrected chi connectivity index (χ1v) is 5.74. The van der Waals surface area contributed by atoms with Gasteiger partial charge in [-0.05, 0) is 50.0 Å². The molecule has 2 rings (SSSR count). The van der Waals surface area contributed by atoms with Gasteiger partial charge in [-0.25, -0.2) is 4.39 Å². The summed E-state index contributed by atoms with van der Waals surface area (Å²) >= 11 is 5.79. The van der Waals surface area contributed by atoms with Crippen LogP contribution in [0.1, 0.15) is 24.8 Å². The second kappa shape index (κ2) is 4.50. The van der Waals surface area contributed by atoms with E-state index in [1.54, 1.807) is 24.3 Å². The van der Waals surface area contributed by atoms with Gasteiger partial charge in [0, 0.05) is 5.02 Å². The fourth-order valence-corrected chi connectivity index (χ4v) is 2.19. The van der Waals surface area contributed by atoms with Gasteiger partial charge in [-0.3, -0.25) is 0 Å². The highest BCUT2D eigenvalue weighted by atomic mass is 35.5. The zero-order valence-corrected chi connectivity index (χ0v) is 9.36. The summed E-state index contributed by atoms with van der Waals surface area (Å²) in [6, 6.07) is 7.12. The lowest BCUT2D eigenvalue weighted by Crippen LogP contribution is -2.22. The van der Waals surface area contributed by atoms with Gasteiger partial charge in [0.25, 0.3) is 0 Å². The fraction of sp³-hybridized carbons (Fsp3) is 0.500. The van der Waals surface area contributed by atoms with Gasteiger partial charge < -0.3 is 5.32 Å². The minimum atomic E-state index is -1.17. The normalized spacial score (nSPS) is 27.3. The number of nitrogens with one attached hydrogen (secondary N) is 1. The highest BCUT2D eigenvalue weighted by Gasteiger charge is 2.32. The summed E-state index contributed by atoms with van der Waals surface area (Å²) in [6.07, 6.45) is 2.04. The molecule has 0 bridgehead atoms. The summed E-state index contributed by atoms with van der Waals surface area (Å²) in [6.45, 7) is 1.67. The molecule has 1 N–H and O–H groups in total. The maximum atomic E-state index is 14.6. The fourth-order valence-electron chi connectivity index (χ4n) is 2.07. The minimum Gasteiger partial charge on any atom is -0.317 e. The second-order valence-electron chi connectivity index (χ2n) is 4.08. The topological polar surface area (TPSA) is 12.0 Å². The van der Waals surface area contributed by atoms with Crippen LogP contribution in [0.2, 0.25) is 5.02 Å². The molecular formula is C12H15ClFN. The molecule has 1 nitrogen and oxygen atoms in total. The van der Waals surface area contributed by atoms with Crippen molar-refractivity contribution in [3.8, 4) is 0 Å². The number of rotatable bonds is 1. The van der Waals surface area contributed by atoms with Gasteiger partial charge in [0.1, 0.15) is 5.67 Å². The van der Waals surface area contributed by atoms with E-state index >= 15 is 0 Å². The van der Waals surface area contributed by atoms with Gasteiger partial charge in [0.2, 0.25) is 0 Å². The largest absolute Gasteiger partial charge is 0.317 e.